The van der Waals surface area contributed by atoms with E-state index in [1.54, 1.807) is 11.3 Å². The molecule has 0 saturated carbocycles. The van der Waals surface area contributed by atoms with Crippen LogP contribution in [0.4, 0.5) is 0 Å². The maximum absolute atomic E-state index is 8.93. The molecule has 0 fully saturated rings. The third-order valence-corrected chi connectivity index (χ3v) is 2.89. The minimum absolute atomic E-state index is 0.195. The highest BCUT2D eigenvalue weighted by atomic mass is 32.1. The Hall–Kier alpha value is -0.450. The molecule has 3 nitrogen and oxygen atoms in total. The van der Waals surface area contributed by atoms with Gasteiger partial charge in [0.05, 0.1) is 6.61 Å². The summed E-state index contributed by atoms with van der Waals surface area (Å²) in [6.45, 7) is 5.00. The fourth-order valence-electron chi connectivity index (χ4n) is 1.05. The number of hydrogen-bond donors (Lipinski definition) is 2. The van der Waals surface area contributed by atoms with Gasteiger partial charge in [-0.25, -0.2) is 4.98 Å². The molecule has 0 aliphatic heterocycles. The van der Waals surface area contributed by atoms with Gasteiger partial charge in [0.1, 0.15) is 5.01 Å². The van der Waals surface area contributed by atoms with E-state index in [9.17, 15) is 0 Å². The van der Waals surface area contributed by atoms with Crippen LogP contribution in [0.25, 0.3) is 0 Å². The number of nitrogens with one attached hydrogen (secondary N) is 1. The molecule has 0 bridgehead atoms. The molecule has 1 atom stereocenters. The number of nitrogens with zero attached hydrogens (tertiary/aromatic N) is 1. The molecular weight excluding hydrogens is 184 g/mol. The van der Waals surface area contributed by atoms with Gasteiger partial charge < -0.3 is 10.4 Å². The Morgan fingerprint density at radius 3 is 2.92 bits per heavy atom. The first-order valence-corrected chi connectivity index (χ1v) is 5.39. The Kier molecular flexibility index (Phi) is 4.35. The lowest BCUT2D eigenvalue weighted by Crippen LogP contribution is -2.31. The molecule has 4 heteroatoms. The van der Waals surface area contributed by atoms with Gasteiger partial charge in [0.2, 0.25) is 0 Å². The van der Waals surface area contributed by atoms with E-state index in [0.29, 0.717) is 0 Å². The topological polar surface area (TPSA) is 45.1 Å². The van der Waals surface area contributed by atoms with Crippen molar-refractivity contribution in [3.8, 4) is 0 Å². The normalized spacial score (nSPS) is 13.2. The molecule has 1 aromatic heterocycles. The van der Waals surface area contributed by atoms with Crippen LogP contribution < -0.4 is 5.32 Å². The van der Waals surface area contributed by atoms with Crippen molar-refractivity contribution < 1.29 is 5.11 Å². The van der Waals surface area contributed by atoms with E-state index in [2.05, 4.69) is 17.2 Å². The summed E-state index contributed by atoms with van der Waals surface area (Å²) in [6.07, 6.45) is 0.945. The minimum atomic E-state index is 0.195. The minimum Gasteiger partial charge on any atom is -0.395 e. The molecule has 0 aliphatic rings. The summed E-state index contributed by atoms with van der Waals surface area (Å²) in [6, 6.07) is 0.198. The molecule has 0 aliphatic carbocycles. The third-order valence-electron chi connectivity index (χ3n) is 1.92. The lowest BCUT2D eigenvalue weighted by molar-refractivity contribution is 0.238. The van der Waals surface area contributed by atoms with E-state index in [-0.39, 0.29) is 12.6 Å². The lowest BCUT2D eigenvalue weighted by Gasteiger charge is -2.11. The van der Waals surface area contributed by atoms with E-state index >= 15 is 0 Å². The van der Waals surface area contributed by atoms with Crippen molar-refractivity contribution in [1.29, 1.82) is 0 Å². The Morgan fingerprint density at radius 1 is 1.69 bits per heavy atom. The number of hydrogen-bond acceptors (Lipinski definition) is 4. The molecule has 0 radical (unpaired) electrons. The Morgan fingerprint density at radius 2 is 2.46 bits per heavy atom. The van der Waals surface area contributed by atoms with Crippen LogP contribution in [0.1, 0.15) is 24.0 Å². The SMILES string of the molecule is CC[C@H](CO)NCc1nc(C)cs1. The number of aliphatic hydroxyl groups excluding tert-OH is 1. The summed E-state index contributed by atoms with van der Waals surface area (Å²) < 4.78 is 0. The van der Waals surface area contributed by atoms with Crippen molar-refractivity contribution in [2.45, 2.75) is 32.9 Å². The Balaban J connectivity index is 2.33. The van der Waals surface area contributed by atoms with Crippen molar-refractivity contribution in [3.63, 3.8) is 0 Å². The van der Waals surface area contributed by atoms with Crippen molar-refractivity contribution in [2.75, 3.05) is 6.61 Å². The second kappa shape index (κ2) is 5.32. The number of aromatic nitrogens is 1. The zero-order valence-corrected chi connectivity index (χ0v) is 8.90. The van der Waals surface area contributed by atoms with Gasteiger partial charge in [-0.05, 0) is 13.3 Å². The first kappa shape index (κ1) is 10.6. The third kappa shape index (κ3) is 3.42. The first-order valence-electron chi connectivity index (χ1n) is 4.51. The molecule has 1 rings (SSSR count). The van der Waals surface area contributed by atoms with E-state index in [4.69, 9.17) is 5.11 Å². The van der Waals surface area contributed by atoms with Crippen LogP contribution in [0.15, 0.2) is 5.38 Å². The second-order valence-electron chi connectivity index (χ2n) is 3.05. The van der Waals surface area contributed by atoms with Crippen LogP contribution in [0.3, 0.4) is 0 Å². The highest BCUT2D eigenvalue weighted by Gasteiger charge is 2.04. The summed E-state index contributed by atoms with van der Waals surface area (Å²) in [5.41, 5.74) is 1.07. The molecule has 0 saturated heterocycles. The zero-order valence-electron chi connectivity index (χ0n) is 8.08. The van der Waals surface area contributed by atoms with Gasteiger partial charge in [0.25, 0.3) is 0 Å². The maximum Gasteiger partial charge on any atom is 0.107 e. The Bertz CT molecular complexity index is 246. The fourth-order valence-corrected chi connectivity index (χ4v) is 1.78. The number of aliphatic hydroxyl groups is 1. The molecular formula is C9H16N2OS. The van der Waals surface area contributed by atoms with Crippen molar-refractivity contribution in [3.05, 3.63) is 16.1 Å². The predicted molar refractivity (Wildman–Crippen MR) is 54.9 cm³/mol. The van der Waals surface area contributed by atoms with Crippen molar-refractivity contribution in [1.82, 2.24) is 10.3 Å². The average molecular weight is 200 g/mol. The molecule has 0 aromatic carbocycles. The van der Waals surface area contributed by atoms with Crippen LogP contribution >= 0.6 is 11.3 Å². The highest BCUT2D eigenvalue weighted by Crippen LogP contribution is 2.08. The molecule has 1 heterocycles. The largest absolute Gasteiger partial charge is 0.395 e. The molecule has 0 unspecified atom stereocenters. The molecule has 74 valence electrons. The van der Waals surface area contributed by atoms with Gasteiger partial charge >= 0.3 is 0 Å². The summed E-state index contributed by atoms with van der Waals surface area (Å²) >= 11 is 1.66. The Labute approximate surface area is 82.8 Å². The summed E-state index contributed by atoms with van der Waals surface area (Å²) in [7, 11) is 0. The predicted octanol–water partition coefficient (Wildman–Crippen LogP) is 1.31. The van der Waals surface area contributed by atoms with E-state index in [1.165, 1.54) is 0 Å². The van der Waals surface area contributed by atoms with Crippen molar-refractivity contribution >= 4 is 11.3 Å². The summed E-state index contributed by atoms with van der Waals surface area (Å²) in [5, 5.41) is 15.3. The van der Waals surface area contributed by atoms with Crippen LogP contribution in [-0.2, 0) is 6.54 Å². The van der Waals surface area contributed by atoms with Gasteiger partial charge in [-0.1, -0.05) is 6.92 Å². The van der Waals surface area contributed by atoms with Gasteiger partial charge in [-0.15, -0.1) is 11.3 Å². The van der Waals surface area contributed by atoms with Gasteiger partial charge in [0, 0.05) is 23.7 Å². The van der Waals surface area contributed by atoms with E-state index in [0.717, 1.165) is 23.7 Å². The van der Waals surface area contributed by atoms with Crippen LogP contribution in [0, 0.1) is 6.92 Å². The fraction of sp³-hybridized carbons (Fsp3) is 0.667. The van der Waals surface area contributed by atoms with Crippen LogP contribution in [0.5, 0.6) is 0 Å². The van der Waals surface area contributed by atoms with Crippen LogP contribution in [-0.4, -0.2) is 22.7 Å². The summed E-state index contributed by atoms with van der Waals surface area (Å²) in [5.74, 6) is 0. The number of aryl methyl sites for hydroxylation is 1. The molecule has 13 heavy (non-hydrogen) atoms. The number of rotatable bonds is 5. The molecule has 0 spiro atoms. The maximum atomic E-state index is 8.93. The molecule has 2 N–H and O–H groups in total. The summed E-state index contributed by atoms with van der Waals surface area (Å²) in [4.78, 5) is 4.33. The van der Waals surface area contributed by atoms with Gasteiger partial charge in [-0.2, -0.15) is 0 Å². The lowest BCUT2D eigenvalue weighted by atomic mass is 10.2. The molecule has 0 amide bonds. The highest BCUT2D eigenvalue weighted by molar-refractivity contribution is 7.09. The van der Waals surface area contributed by atoms with Crippen LogP contribution in [0.2, 0.25) is 0 Å². The number of thiazole rings is 1. The first-order chi connectivity index (χ1) is 6.26. The van der Waals surface area contributed by atoms with E-state index in [1.807, 2.05) is 12.3 Å². The monoisotopic (exact) mass is 200 g/mol. The standard InChI is InChI=1S/C9H16N2OS/c1-3-8(5-12)10-4-9-11-7(2)6-13-9/h6,8,10,12H,3-5H2,1-2H3/t8-/m1/s1. The van der Waals surface area contributed by atoms with E-state index < -0.39 is 0 Å². The average Bonchev–Trinajstić information content (AvgIpc) is 2.53. The van der Waals surface area contributed by atoms with Gasteiger partial charge in [-0.3, -0.25) is 0 Å². The van der Waals surface area contributed by atoms with Crippen molar-refractivity contribution in [2.24, 2.45) is 0 Å². The van der Waals surface area contributed by atoms with Gasteiger partial charge in [0.15, 0.2) is 0 Å². The second-order valence-corrected chi connectivity index (χ2v) is 3.99. The quantitative estimate of drug-likeness (QED) is 0.753. The smallest absolute Gasteiger partial charge is 0.107 e. The zero-order chi connectivity index (χ0) is 9.68. The molecule has 1 aromatic rings.